The highest BCUT2D eigenvalue weighted by Crippen LogP contribution is 2.73. The van der Waals surface area contributed by atoms with E-state index >= 15 is 47.9 Å². The van der Waals surface area contributed by atoms with E-state index in [-0.39, 0.29) is 189 Å². The van der Waals surface area contributed by atoms with Gasteiger partial charge in [0.2, 0.25) is 70.9 Å². The fraction of sp³-hybridized carbons (Fsp3) is 0.735. The van der Waals surface area contributed by atoms with Crippen molar-refractivity contribution in [3.63, 3.8) is 0 Å². The van der Waals surface area contributed by atoms with Crippen LogP contribution in [0.25, 0.3) is 0 Å². The molecule has 11 aliphatic rings. The molecule has 12 amide bonds. The minimum absolute atomic E-state index is 0.00353. The molecule has 1 aromatic rings. The molecule has 32 nitrogen and oxygen atoms in total. The van der Waals surface area contributed by atoms with Gasteiger partial charge in [0.25, 0.3) is 0 Å². The molecule has 1 aromatic carbocycles. The fourth-order valence-corrected chi connectivity index (χ4v) is 23.9. The number of aliphatic hydroxyl groups excluding tert-OH is 1. The largest absolute Gasteiger partial charge is 0.492 e. The topological polar surface area (TPSA) is 503 Å². The number of amides is 12. The van der Waals surface area contributed by atoms with Crippen molar-refractivity contribution in [2.24, 2.45) is 86.3 Å². The molecule has 0 radical (unpaired) electrons. The number of unbranched alkanes of at least 4 members (excludes halogenated alkanes) is 1. The van der Waals surface area contributed by atoms with Gasteiger partial charge in [0, 0.05) is 37.4 Å². The van der Waals surface area contributed by atoms with Crippen LogP contribution in [0.3, 0.4) is 0 Å². The van der Waals surface area contributed by atoms with Crippen LogP contribution in [-0.2, 0) is 68.7 Å². The maximum Gasteiger partial charge on any atom is 0.249 e. The van der Waals surface area contributed by atoms with E-state index in [1.807, 2.05) is 39.0 Å². The molecule has 3 saturated heterocycles. The van der Waals surface area contributed by atoms with Crippen molar-refractivity contribution in [3.05, 3.63) is 84.6 Å². The van der Waals surface area contributed by atoms with Crippen molar-refractivity contribution in [2.45, 2.75) is 351 Å². The number of nitrogens with two attached hydrogens (primary N) is 5. The van der Waals surface area contributed by atoms with Gasteiger partial charge in [-0.25, -0.2) is 0 Å². The first kappa shape index (κ1) is 103. The van der Waals surface area contributed by atoms with Crippen LogP contribution in [0.1, 0.15) is 259 Å². The van der Waals surface area contributed by atoms with Gasteiger partial charge in [-0.1, -0.05) is 122 Å². The SMILES string of the molecule is [CH-]=C1NC(CCCN)C(O)OC(CC(C)C)C(=O)NC(CCCN)C(=O)NC(CC(/C=C\C)=C/C=C)C(=O)N2CCCC2C(=O)NC(CCCN)C(=O)NC(C23CC4CC(C2)C(C)(CC)C4C3)C(=O)NC(CCCC)C(=O)NC(CC23CC4CC(CC(C4)C2)C3)C(=O)NC(CCCN)C(=O)NC(Cc2ccccc2)C(=O)N2CCCC2C(=O)NC(CCCN)C(=O)NC1CC. The lowest BCUT2D eigenvalue weighted by Crippen LogP contribution is -2.64. The van der Waals surface area contributed by atoms with E-state index in [0.29, 0.717) is 86.7 Å². The van der Waals surface area contributed by atoms with Gasteiger partial charge >= 0.3 is 0 Å². The molecule has 130 heavy (non-hydrogen) atoms. The number of benzene rings is 1. The van der Waals surface area contributed by atoms with Crippen molar-refractivity contribution in [1.29, 1.82) is 0 Å². The molecule has 22 N–H and O–H groups in total. The van der Waals surface area contributed by atoms with Crippen LogP contribution >= 0.6 is 0 Å². The van der Waals surface area contributed by atoms with Crippen molar-refractivity contribution in [2.75, 3.05) is 45.8 Å². The first-order chi connectivity index (χ1) is 62.3. The summed E-state index contributed by atoms with van der Waals surface area (Å²) in [7, 11) is 0. The fourth-order valence-electron chi connectivity index (χ4n) is 23.9. The van der Waals surface area contributed by atoms with Crippen LogP contribution in [0.2, 0.25) is 0 Å². The monoisotopic (exact) mass is 1810 g/mol. The van der Waals surface area contributed by atoms with Crippen LogP contribution in [0.5, 0.6) is 0 Å². The first-order valence-electron chi connectivity index (χ1n) is 49.2. The van der Waals surface area contributed by atoms with E-state index in [4.69, 9.17) is 40.0 Å². The summed E-state index contributed by atoms with van der Waals surface area (Å²) in [5.41, 5.74) is 30.9. The summed E-state index contributed by atoms with van der Waals surface area (Å²) in [6.45, 7) is 25.5. The number of fused-ring (bicyclic) bond motifs is 2. The van der Waals surface area contributed by atoms with Crippen molar-refractivity contribution >= 4 is 70.9 Å². The van der Waals surface area contributed by atoms with Gasteiger partial charge in [-0.2, -0.15) is 5.70 Å². The Kier molecular flexibility index (Phi) is 38.9. The number of hydrogen-bond donors (Lipinski definition) is 17. The van der Waals surface area contributed by atoms with Gasteiger partial charge in [-0.3, -0.25) is 57.5 Å². The highest BCUT2D eigenvalue weighted by atomic mass is 16.6. The average Bonchev–Trinajstić information content (AvgIpc) is 1.53. The number of carbonyl (C=O) groups is 12. The van der Waals surface area contributed by atoms with Gasteiger partial charge in [-0.15, -0.1) is 0 Å². The van der Waals surface area contributed by atoms with E-state index in [1.54, 1.807) is 50.3 Å². The molecule has 12 rings (SSSR count). The van der Waals surface area contributed by atoms with Crippen LogP contribution in [0, 0.1) is 64.2 Å². The van der Waals surface area contributed by atoms with Crippen molar-refractivity contribution < 1.29 is 67.4 Å². The highest BCUT2D eigenvalue weighted by Gasteiger charge is 2.68. The first-order valence-corrected chi connectivity index (χ1v) is 49.2. The van der Waals surface area contributed by atoms with Crippen LogP contribution in [-0.4, -0.2) is 223 Å². The number of ether oxygens (including phenoxy) is 1. The number of nitrogens with one attached hydrogen (secondary N) is 11. The molecule has 32 heteroatoms. The molecule has 3 aliphatic heterocycles. The third-order valence-corrected chi connectivity index (χ3v) is 30.2. The van der Waals surface area contributed by atoms with E-state index in [2.05, 4.69) is 78.9 Å². The maximum atomic E-state index is 16.2. The second-order valence-corrected chi connectivity index (χ2v) is 40.1. The molecule has 8 aliphatic carbocycles. The Balaban J connectivity index is 1.03. The zero-order valence-electron chi connectivity index (χ0n) is 78.5. The summed E-state index contributed by atoms with van der Waals surface area (Å²) >= 11 is 0. The molecular formula is C98H157N18O14-. The Morgan fingerprint density at radius 2 is 0.992 bits per heavy atom. The predicted octanol–water partition coefficient (Wildman–Crippen LogP) is 4.93. The summed E-state index contributed by atoms with van der Waals surface area (Å²) in [6, 6.07) is -6.66. The molecule has 0 aromatic heterocycles. The smallest absolute Gasteiger partial charge is 0.249 e. The number of carbonyl (C=O) groups excluding carboxylic acids is 12. The lowest BCUT2D eigenvalue weighted by Gasteiger charge is -2.57. The Bertz CT molecular complexity index is 4070. The number of hydrogen-bond acceptors (Lipinski definition) is 20. The summed E-state index contributed by atoms with van der Waals surface area (Å²) in [4.78, 5) is 189. The molecule has 3 heterocycles. The van der Waals surface area contributed by atoms with Crippen molar-refractivity contribution in [3.8, 4) is 0 Å². The molecule has 8 bridgehead atoms. The summed E-state index contributed by atoms with van der Waals surface area (Å²) in [5, 5.41) is 45.8. The summed E-state index contributed by atoms with van der Waals surface area (Å²) < 4.78 is 6.33. The highest BCUT2D eigenvalue weighted by molar-refractivity contribution is 6.00. The summed E-state index contributed by atoms with van der Waals surface area (Å²) in [5.74, 6) is -6.05. The minimum Gasteiger partial charge on any atom is -0.492 e. The number of nitrogens with zero attached hydrogens (tertiary/aromatic N) is 2. The molecule has 8 saturated carbocycles. The zero-order valence-corrected chi connectivity index (χ0v) is 78.5. The standard InChI is InChI=1S/C98H157N18O14/c1-10-15-30-70-86(120)113-78(58-97-52-63-46-64(53-97)48-65(47-63)54-97)88(122)106-71(31-19-38-99)84(118)112-77(50-62-28-17-16-18-29-62)94(128)116-44-24-36-79(116)89(123)107-72(32-20-39-100)83(117)105-69(13-4)60(8)104-75(35-23-42-103)95(129)130-81(45-59(6)7)91(125)109-73(33-21-40-101)85(119)111-76(49-61(26-11-2)27-12-3)93(127)115-43-25-37-80(115)90(124)108-74(34-22-41-102)87(121)114-82(92(126)110-70)98-55-66-51-67(56-98)96(9,14-5)68(66)57-98/h8,11-12,16-18,26-29,59,63-82,95,104,129H,2,10,13-15,19-25,30-58,99-103H2,1,3-7,9H3,(H,105,117)(H,106,122)(H,107,123)(H,108,124)(H,109,125)(H,110,126)(H,111,119)(H,112,118)(H,113,120)(H,114,121)/q-1/b27-12-,61-26+. The Labute approximate surface area is 770 Å². The molecule has 724 valence electrons. The summed E-state index contributed by atoms with van der Waals surface area (Å²) in [6.07, 6.45) is 17.6. The Morgan fingerprint density at radius 1 is 0.538 bits per heavy atom. The zero-order chi connectivity index (χ0) is 94.2. The minimum atomic E-state index is -1.77. The van der Waals surface area contributed by atoms with E-state index in [1.165, 1.54) is 9.80 Å². The van der Waals surface area contributed by atoms with E-state index < -0.39 is 167 Å². The molecule has 11 fully saturated rings. The van der Waals surface area contributed by atoms with Gasteiger partial charge < -0.3 is 113 Å². The third kappa shape index (κ3) is 26.5. The van der Waals surface area contributed by atoms with Gasteiger partial charge in [0.1, 0.15) is 72.6 Å². The number of rotatable bonds is 31. The number of aliphatic hydroxyl groups is 1. The second kappa shape index (κ2) is 48.8. The van der Waals surface area contributed by atoms with Crippen LogP contribution < -0.4 is 87.2 Å². The Morgan fingerprint density at radius 3 is 1.48 bits per heavy atom. The number of allylic oxidation sites excluding steroid dienone is 4. The van der Waals surface area contributed by atoms with Crippen LogP contribution in [0.15, 0.2) is 72.5 Å². The predicted molar refractivity (Wildman–Crippen MR) is 498 cm³/mol. The average molecular weight is 1810 g/mol. The molecule has 20 unspecified atom stereocenters. The lowest BCUT2D eigenvalue weighted by atomic mass is 9.48. The van der Waals surface area contributed by atoms with Crippen molar-refractivity contribution in [1.82, 2.24) is 68.3 Å². The quantitative estimate of drug-likeness (QED) is 0.0346. The maximum absolute atomic E-state index is 16.2. The van der Waals surface area contributed by atoms with Gasteiger partial charge in [0.05, 0.1) is 6.04 Å². The molecule has 20 atom stereocenters. The molecular weight excluding hydrogens is 1650 g/mol. The van der Waals surface area contributed by atoms with E-state index in [9.17, 15) is 14.7 Å². The third-order valence-electron chi connectivity index (χ3n) is 30.2. The van der Waals surface area contributed by atoms with Gasteiger partial charge in [-0.05, 0) is 283 Å². The normalized spacial score (nSPS) is 34.6. The van der Waals surface area contributed by atoms with E-state index in [0.717, 1.165) is 51.4 Å². The van der Waals surface area contributed by atoms with Crippen LogP contribution in [0.4, 0.5) is 0 Å². The lowest BCUT2D eigenvalue weighted by molar-refractivity contribution is -0.172. The molecule has 0 spiro atoms. The Hall–Kier alpha value is -8.66. The van der Waals surface area contributed by atoms with Gasteiger partial charge in [0.15, 0.2) is 6.29 Å². The second-order valence-electron chi connectivity index (χ2n) is 40.1.